The molecule has 0 fully saturated rings. The maximum Gasteiger partial charge on any atom is 0.159 e. The van der Waals surface area contributed by atoms with Crippen molar-refractivity contribution in [2.24, 2.45) is 5.92 Å². The molecule has 0 saturated heterocycles. The van der Waals surface area contributed by atoms with Crippen LogP contribution in [-0.4, -0.2) is 22.7 Å². The van der Waals surface area contributed by atoms with Crippen LogP contribution >= 0.6 is 0 Å². The molecule has 0 N–H and O–H groups in total. The van der Waals surface area contributed by atoms with E-state index < -0.39 is 6.17 Å². The third kappa shape index (κ3) is 13.4. The largest absolute Gasteiger partial charge is 0.487 e. The van der Waals surface area contributed by atoms with E-state index >= 15 is 0 Å². The van der Waals surface area contributed by atoms with E-state index in [0.29, 0.717) is 23.9 Å². The molecule has 2 aromatic rings. The van der Waals surface area contributed by atoms with Gasteiger partial charge in [0, 0.05) is 5.56 Å². The molecule has 3 nitrogen and oxygen atoms in total. The van der Waals surface area contributed by atoms with E-state index in [9.17, 15) is 4.39 Å². The van der Waals surface area contributed by atoms with Crippen LogP contribution < -0.4 is 4.74 Å². The van der Waals surface area contributed by atoms with Gasteiger partial charge in [-0.25, -0.2) is 14.4 Å². The fraction of sp³-hybridized carbons (Fsp3) is 0.688. The van der Waals surface area contributed by atoms with Crippen LogP contribution in [0.25, 0.3) is 11.4 Å². The summed E-state index contributed by atoms with van der Waals surface area (Å²) in [5, 5.41) is 0. The summed E-state index contributed by atoms with van der Waals surface area (Å²) in [6.07, 6.45) is 22.1. The standard InChI is InChI=1S/C32H51FN2O/c1-4-6-8-9-10-11-12-13-15-17-28-19-21-29(22-20-28)32-34-24-31(25-35-32)36-26-30(33)23-18-27(3)16-14-7-5-2/h19-22,24-25,27,30H,4-18,23,26H2,1-3H3. The first kappa shape index (κ1) is 30.3. The van der Waals surface area contributed by atoms with E-state index in [1.165, 1.54) is 89.0 Å². The molecule has 4 heteroatoms. The number of aryl methyl sites for hydroxylation is 1. The van der Waals surface area contributed by atoms with Crippen molar-refractivity contribution in [1.82, 2.24) is 9.97 Å². The minimum Gasteiger partial charge on any atom is -0.487 e. The molecule has 0 aliphatic carbocycles. The predicted molar refractivity (Wildman–Crippen MR) is 151 cm³/mol. The molecule has 2 atom stereocenters. The molecule has 0 aliphatic heterocycles. The van der Waals surface area contributed by atoms with E-state index in [4.69, 9.17) is 4.74 Å². The fourth-order valence-electron chi connectivity index (χ4n) is 4.62. The molecule has 36 heavy (non-hydrogen) atoms. The Bertz CT molecular complexity index is 778. The number of halogens is 1. The number of rotatable bonds is 21. The van der Waals surface area contributed by atoms with Gasteiger partial charge in [0.15, 0.2) is 11.6 Å². The highest BCUT2D eigenvalue weighted by atomic mass is 19.1. The number of hydrogen-bond acceptors (Lipinski definition) is 3. The maximum absolute atomic E-state index is 14.3. The van der Waals surface area contributed by atoms with Gasteiger partial charge in [0.05, 0.1) is 12.4 Å². The van der Waals surface area contributed by atoms with Crippen LogP contribution in [0.4, 0.5) is 4.39 Å². The summed E-state index contributed by atoms with van der Waals surface area (Å²) in [6.45, 7) is 6.77. The minimum absolute atomic E-state index is 0.0674. The molecule has 1 aromatic heterocycles. The second-order valence-electron chi connectivity index (χ2n) is 10.6. The molecule has 0 spiro atoms. The Kier molecular flexibility index (Phi) is 16.1. The van der Waals surface area contributed by atoms with Crippen LogP contribution in [0.5, 0.6) is 5.75 Å². The third-order valence-electron chi connectivity index (χ3n) is 7.11. The summed E-state index contributed by atoms with van der Waals surface area (Å²) < 4.78 is 19.9. The monoisotopic (exact) mass is 498 g/mol. The van der Waals surface area contributed by atoms with Gasteiger partial charge in [-0.05, 0) is 37.2 Å². The summed E-state index contributed by atoms with van der Waals surface area (Å²) in [5.74, 6) is 1.78. The predicted octanol–water partition coefficient (Wildman–Crippen LogP) is 9.93. The van der Waals surface area contributed by atoms with Crippen LogP contribution in [-0.2, 0) is 6.42 Å². The third-order valence-corrected chi connectivity index (χ3v) is 7.11. The number of benzene rings is 1. The maximum atomic E-state index is 14.3. The second kappa shape index (κ2) is 19.2. The zero-order chi connectivity index (χ0) is 25.8. The molecular formula is C32H51FN2O. The summed E-state index contributed by atoms with van der Waals surface area (Å²) in [5.41, 5.74) is 2.37. The SMILES string of the molecule is CCCCCCCCCCCc1ccc(-c2ncc(OCC(F)CCC(C)CCCCC)cn2)cc1. The van der Waals surface area contributed by atoms with E-state index in [0.717, 1.165) is 18.4 Å². The normalized spacial score (nSPS) is 13.0. The summed E-state index contributed by atoms with van der Waals surface area (Å²) in [6, 6.07) is 8.56. The zero-order valence-corrected chi connectivity index (χ0v) is 23.3. The Labute approximate surface area is 220 Å². The van der Waals surface area contributed by atoms with Gasteiger partial charge in [-0.2, -0.15) is 0 Å². The minimum atomic E-state index is -0.948. The lowest BCUT2D eigenvalue weighted by Crippen LogP contribution is -2.14. The van der Waals surface area contributed by atoms with Crippen LogP contribution in [0.1, 0.15) is 123 Å². The van der Waals surface area contributed by atoms with Crippen LogP contribution in [0.3, 0.4) is 0 Å². The Morgan fingerprint density at radius 3 is 1.94 bits per heavy atom. The van der Waals surface area contributed by atoms with Crippen molar-refractivity contribution >= 4 is 0 Å². The Balaban J connectivity index is 1.63. The molecule has 2 unspecified atom stereocenters. The van der Waals surface area contributed by atoms with Gasteiger partial charge < -0.3 is 4.74 Å². The van der Waals surface area contributed by atoms with Gasteiger partial charge >= 0.3 is 0 Å². The lowest BCUT2D eigenvalue weighted by molar-refractivity contribution is 0.177. The molecule has 202 valence electrons. The van der Waals surface area contributed by atoms with Gasteiger partial charge in [0.25, 0.3) is 0 Å². The Hall–Kier alpha value is -1.97. The van der Waals surface area contributed by atoms with E-state index in [1.807, 2.05) is 0 Å². The molecular weight excluding hydrogens is 447 g/mol. The smallest absolute Gasteiger partial charge is 0.159 e. The average molecular weight is 499 g/mol. The first-order chi connectivity index (χ1) is 17.6. The van der Waals surface area contributed by atoms with Gasteiger partial charge in [-0.15, -0.1) is 0 Å². The highest BCUT2D eigenvalue weighted by Crippen LogP contribution is 2.20. The molecule has 2 rings (SSSR count). The van der Waals surface area contributed by atoms with Crippen LogP contribution in [0.2, 0.25) is 0 Å². The van der Waals surface area contributed by atoms with Crippen molar-refractivity contribution < 1.29 is 9.13 Å². The fourth-order valence-corrected chi connectivity index (χ4v) is 4.62. The Morgan fingerprint density at radius 2 is 1.31 bits per heavy atom. The van der Waals surface area contributed by atoms with E-state index in [2.05, 4.69) is 55.0 Å². The van der Waals surface area contributed by atoms with Crippen molar-refractivity contribution in [1.29, 1.82) is 0 Å². The van der Waals surface area contributed by atoms with Gasteiger partial charge in [0.1, 0.15) is 12.8 Å². The number of unbranched alkanes of at least 4 members (excludes halogenated alkanes) is 10. The molecule has 1 heterocycles. The number of nitrogens with zero attached hydrogens (tertiary/aromatic N) is 2. The van der Waals surface area contributed by atoms with Crippen molar-refractivity contribution in [2.45, 2.75) is 130 Å². The number of hydrogen-bond donors (Lipinski definition) is 0. The molecule has 0 amide bonds. The van der Waals surface area contributed by atoms with Crippen molar-refractivity contribution in [3.8, 4) is 17.1 Å². The molecule has 0 aliphatic rings. The van der Waals surface area contributed by atoms with E-state index in [-0.39, 0.29) is 6.61 Å². The number of ether oxygens (including phenoxy) is 1. The molecule has 1 aromatic carbocycles. The number of aromatic nitrogens is 2. The van der Waals surface area contributed by atoms with Crippen LogP contribution in [0.15, 0.2) is 36.7 Å². The zero-order valence-electron chi connectivity index (χ0n) is 23.3. The Morgan fingerprint density at radius 1 is 0.722 bits per heavy atom. The highest BCUT2D eigenvalue weighted by molar-refractivity contribution is 5.55. The van der Waals surface area contributed by atoms with Gasteiger partial charge in [0.2, 0.25) is 0 Å². The lowest BCUT2D eigenvalue weighted by atomic mass is 9.97. The van der Waals surface area contributed by atoms with Crippen molar-refractivity contribution in [3.05, 3.63) is 42.2 Å². The van der Waals surface area contributed by atoms with Crippen LogP contribution in [0, 0.1) is 5.92 Å². The number of alkyl halides is 1. The topological polar surface area (TPSA) is 35.0 Å². The molecule has 0 radical (unpaired) electrons. The van der Waals surface area contributed by atoms with Crippen molar-refractivity contribution in [3.63, 3.8) is 0 Å². The summed E-state index contributed by atoms with van der Waals surface area (Å²) >= 11 is 0. The molecule has 0 saturated carbocycles. The lowest BCUT2D eigenvalue weighted by Gasteiger charge is -2.14. The first-order valence-corrected chi connectivity index (χ1v) is 14.8. The van der Waals surface area contributed by atoms with Crippen molar-refractivity contribution in [2.75, 3.05) is 6.61 Å². The summed E-state index contributed by atoms with van der Waals surface area (Å²) in [4.78, 5) is 8.87. The quantitative estimate of drug-likeness (QED) is 0.161. The van der Waals surface area contributed by atoms with Gasteiger partial charge in [-0.3, -0.25) is 0 Å². The first-order valence-electron chi connectivity index (χ1n) is 14.8. The average Bonchev–Trinajstić information content (AvgIpc) is 2.90. The summed E-state index contributed by atoms with van der Waals surface area (Å²) in [7, 11) is 0. The second-order valence-corrected chi connectivity index (χ2v) is 10.6. The van der Waals surface area contributed by atoms with E-state index in [1.54, 1.807) is 12.4 Å². The van der Waals surface area contributed by atoms with Gasteiger partial charge in [-0.1, -0.05) is 122 Å². The highest BCUT2D eigenvalue weighted by Gasteiger charge is 2.11. The molecule has 0 bridgehead atoms.